The van der Waals surface area contributed by atoms with Crippen molar-refractivity contribution in [3.8, 4) is 11.1 Å². The Morgan fingerprint density at radius 3 is 2.69 bits per heavy atom. The predicted molar refractivity (Wildman–Crippen MR) is 127 cm³/mol. The second-order valence-corrected chi connectivity index (χ2v) is 8.12. The van der Waals surface area contributed by atoms with Gasteiger partial charge in [-0.05, 0) is 41.6 Å². The van der Waals surface area contributed by atoms with E-state index in [9.17, 15) is 14.4 Å². The van der Waals surface area contributed by atoms with E-state index in [1.54, 1.807) is 29.2 Å². The Kier molecular flexibility index (Phi) is 6.61. The van der Waals surface area contributed by atoms with E-state index in [0.717, 1.165) is 22.9 Å². The largest absolute Gasteiger partial charge is 0.396 e. The van der Waals surface area contributed by atoms with Gasteiger partial charge in [0, 0.05) is 56.5 Å². The predicted octanol–water partition coefficient (Wildman–Crippen LogP) is 3.80. The van der Waals surface area contributed by atoms with Gasteiger partial charge in [-0.2, -0.15) is 0 Å². The van der Waals surface area contributed by atoms with Crippen LogP contribution in [0.2, 0.25) is 0 Å². The Morgan fingerprint density at radius 1 is 1.12 bits per heavy atom. The molecule has 166 valence electrons. The van der Waals surface area contributed by atoms with E-state index in [4.69, 9.17) is 5.11 Å². The number of aromatic amines is 1. The van der Waals surface area contributed by atoms with Crippen LogP contribution in [0.3, 0.4) is 0 Å². The van der Waals surface area contributed by atoms with Gasteiger partial charge in [-0.15, -0.1) is 0 Å². The monoisotopic (exact) mass is 432 g/mol. The van der Waals surface area contributed by atoms with Crippen molar-refractivity contribution in [3.05, 3.63) is 82.7 Å². The number of aliphatic hydroxyl groups excluding tert-OH is 1. The van der Waals surface area contributed by atoms with Crippen molar-refractivity contribution < 1.29 is 16.1 Å². The smallest absolute Gasteiger partial charge is 0.256 e. The summed E-state index contributed by atoms with van der Waals surface area (Å²) in [6.07, 6.45) is 5.22. The molecule has 3 aromatic rings. The molecule has 2 aromatic carbocycles. The van der Waals surface area contributed by atoms with Crippen LogP contribution < -0.4 is 5.56 Å². The van der Waals surface area contributed by atoms with Crippen LogP contribution in [-0.2, 0) is 4.79 Å². The van der Waals surface area contributed by atoms with Gasteiger partial charge in [0.15, 0.2) is 0 Å². The number of nitrogens with zero attached hydrogens (tertiary/aromatic N) is 1. The van der Waals surface area contributed by atoms with Crippen molar-refractivity contribution in [1.29, 1.82) is 0 Å². The Bertz CT molecular complexity index is 1220. The molecule has 1 aromatic heterocycles. The highest BCUT2D eigenvalue weighted by atomic mass is 16.3. The number of amides is 1. The fourth-order valence-electron chi connectivity index (χ4n) is 4.13. The molecular weight excluding hydrogens is 404 g/mol. The van der Waals surface area contributed by atoms with Gasteiger partial charge in [0.05, 0.1) is 0 Å². The fourth-order valence-corrected chi connectivity index (χ4v) is 4.13. The standard InChI is InChI=1S/C26H26N2O4.H2/c29-14-12-22(30)15-18-5-3-4-13-28(17-18)26(32)20-10-8-19(9-11-20)23-16-21-6-1-2-7-24(21)27-25(23)31;/h1-3,5-11,16,18,29H,4,12-15,17H2,(H,27,31);1H. The van der Waals surface area contributed by atoms with Crippen molar-refractivity contribution in [3.63, 3.8) is 0 Å². The summed E-state index contributed by atoms with van der Waals surface area (Å²) >= 11 is 0. The van der Waals surface area contributed by atoms with Gasteiger partial charge in [0.2, 0.25) is 0 Å². The van der Waals surface area contributed by atoms with E-state index in [1.807, 2.05) is 42.5 Å². The number of hydrogen-bond acceptors (Lipinski definition) is 4. The van der Waals surface area contributed by atoms with Crippen molar-refractivity contribution in [1.82, 2.24) is 9.88 Å². The number of pyridine rings is 1. The van der Waals surface area contributed by atoms with Crippen LogP contribution in [-0.4, -0.2) is 46.4 Å². The van der Waals surface area contributed by atoms with Gasteiger partial charge in [-0.1, -0.05) is 42.5 Å². The molecule has 32 heavy (non-hydrogen) atoms. The second kappa shape index (κ2) is 9.75. The lowest BCUT2D eigenvalue weighted by molar-refractivity contribution is -0.120. The molecule has 0 aliphatic carbocycles. The maximum absolute atomic E-state index is 13.1. The number of hydrogen-bond donors (Lipinski definition) is 2. The van der Waals surface area contributed by atoms with Crippen LogP contribution >= 0.6 is 0 Å². The minimum Gasteiger partial charge on any atom is -0.396 e. The molecule has 0 bridgehead atoms. The number of carbonyl (C=O) groups excluding carboxylic acids is 2. The number of benzene rings is 2. The minimum absolute atomic E-state index is 0. The summed E-state index contributed by atoms with van der Waals surface area (Å²) in [4.78, 5) is 42.2. The van der Waals surface area contributed by atoms with Gasteiger partial charge >= 0.3 is 0 Å². The van der Waals surface area contributed by atoms with Crippen LogP contribution in [0.15, 0.2) is 71.5 Å². The molecule has 0 fully saturated rings. The topological polar surface area (TPSA) is 90.5 Å². The Labute approximate surface area is 187 Å². The van der Waals surface area contributed by atoms with Gasteiger partial charge in [-0.25, -0.2) is 0 Å². The summed E-state index contributed by atoms with van der Waals surface area (Å²) in [6.45, 7) is 0.912. The van der Waals surface area contributed by atoms with Gasteiger partial charge in [0.25, 0.3) is 11.5 Å². The normalized spacial score (nSPS) is 16.2. The lowest BCUT2D eigenvalue weighted by Gasteiger charge is -2.24. The average Bonchev–Trinajstić information content (AvgIpc) is 3.04. The third-order valence-corrected chi connectivity index (χ3v) is 5.79. The number of aromatic nitrogens is 1. The first-order valence-electron chi connectivity index (χ1n) is 10.9. The third kappa shape index (κ3) is 4.86. The van der Waals surface area contributed by atoms with E-state index in [1.165, 1.54) is 0 Å². The van der Waals surface area contributed by atoms with Crippen LogP contribution in [0.5, 0.6) is 0 Å². The zero-order valence-corrected chi connectivity index (χ0v) is 17.8. The molecule has 6 heteroatoms. The van der Waals surface area contributed by atoms with Crippen molar-refractivity contribution in [2.45, 2.75) is 19.3 Å². The Hall–Kier alpha value is -3.51. The minimum atomic E-state index is -0.170. The molecule has 4 rings (SSSR count). The van der Waals surface area contributed by atoms with Crippen LogP contribution in [0, 0.1) is 5.92 Å². The summed E-state index contributed by atoms with van der Waals surface area (Å²) in [5, 5.41) is 9.91. The first kappa shape index (κ1) is 21.7. The molecule has 0 saturated heterocycles. The van der Waals surface area contributed by atoms with Crippen molar-refractivity contribution in [2.75, 3.05) is 19.7 Å². The summed E-state index contributed by atoms with van der Waals surface area (Å²) in [5.74, 6) is -0.135. The highest BCUT2D eigenvalue weighted by Gasteiger charge is 2.22. The van der Waals surface area contributed by atoms with Crippen molar-refractivity contribution in [2.24, 2.45) is 5.92 Å². The molecule has 1 aliphatic heterocycles. The van der Waals surface area contributed by atoms with E-state index in [0.29, 0.717) is 30.6 Å². The third-order valence-electron chi connectivity index (χ3n) is 5.79. The number of H-pyrrole nitrogens is 1. The lowest BCUT2D eigenvalue weighted by atomic mass is 9.99. The SMILES string of the molecule is O=C(CCO)CC1C=CCCN(C(=O)c2ccc(-c3cc4ccccc4[nH]c3=O)cc2)C1.[HH]. The first-order chi connectivity index (χ1) is 15.5. The molecule has 1 amide bonds. The van der Waals surface area contributed by atoms with E-state index >= 15 is 0 Å². The van der Waals surface area contributed by atoms with E-state index in [2.05, 4.69) is 4.98 Å². The number of aliphatic hydroxyl groups is 1. The lowest BCUT2D eigenvalue weighted by Crippen LogP contribution is -2.35. The number of ketones is 1. The highest BCUT2D eigenvalue weighted by Crippen LogP contribution is 2.22. The number of para-hydroxylation sites is 1. The van der Waals surface area contributed by atoms with Crippen LogP contribution in [0.1, 0.15) is 31.0 Å². The number of rotatable bonds is 6. The average molecular weight is 433 g/mol. The first-order valence-corrected chi connectivity index (χ1v) is 10.9. The molecule has 0 spiro atoms. The fraction of sp³-hybridized carbons (Fsp3) is 0.269. The van der Waals surface area contributed by atoms with E-state index < -0.39 is 0 Å². The molecule has 2 heterocycles. The van der Waals surface area contributed by atoms with Gasteiger partial charge < -0.3 is 15.0 Å². The summed E-state index contributed by atoms with van der Waals surface area (Å²) in [5.41, 5.74) is 2.47. The van der Waals surface area contributed by atoms with Crippen molar-refractivity contribution >= 4 is 22.6 Å². The van der Waals surface area contributed by atoms with Crippen LogP contribution in [0.25, 0.3) is 22.0 Å². The highest BCUT2D eigenvalue weighted by molar-refractivity contribution is 5.95. The van der Waals surface area contributed by atoms with Gasteiger partial charge in [-0.3, -0.25) is 14.4 Å². The van der Waals surface area contributed by atoms with E-state index in [-0.39, 0.29) is 37.6 Å². The molecular formula is C26H28N2O4. The van der Waals surface area contributed by atoms with Gasteiger partial charge in [0.1, 0.15) is 5.78 Å². The summed E-state index contributed by atoms with van der Waals surface area (Å²) in [7, 11) is 0. The molecule has 0 radical (unpaired) electrons. The Morgan fingerprint density at radius 2 is 1.91 bits per heavy atom. The second-order valence-electron chi connectivity index (χ2n) is 8.12. The maximum Gasteiger partial charge on any atom is 0.256 e. The number of fused-ring (bicyclic) bond motifs is 1. The summed E-state index contributed by atoms with van der Waals surface area (Å²) < 4.78 is 0. The quantitative estimate of drug-likeness (QED) is 0.580. The maximum atomic E-state index is 13.1. The molecule has 6 nitrogen and oxygen atoms in total. The summed E-state index contributed by atoms with van der Waals surface area (Å²) in [6, 6.07) is 16.6. The zero-order valence-electron chi connectivity index (χ0n) is 17.8. The number of nitrogens with one attached hydrogen (secondary N) is 1. The molecule has 2 N–H and O–H groups in total. The van der Waals surface area contributed by atoms with Crippen LogP contribution in [0.4, 0.5) is 0 Å². The molecule has 1 atom stereocenters. The Balaban J connectivity index is 0.00000306. The number of carbonyl (C=O) groups is 2. The zero-order chi connectivity index (χ0) is 22.5. The molecule has 1 unspecified atom stereocenters. The molecule has 1 aliphatic rings. The number of Topliss-reactive ketones (excluding diaryl/α,β-unsaturated/α-hetero) is 1. The molecule has 0 saturated carbocycles.